The van der Waals surface area contributed by atoms with Crippen molar-refractivity contribution >= 4 is 17.3 Å². The fraction of sp³-hybridized carbons (Fsp3) is 0.273. The van der Waals surface area contributed by atoms with Crippen LogP contribution in [0.5, 0.6) is 0 Å². The first-order chi connectivity index (χ1) is 13.1. The number of rotatable bonds is 8. The smallest absolute Gasteiger partial charge is 0.339 e. The van der Waals surface area contributed by atoms with Crippen LogP contribution in [-0.4, -0.2) is 35.7 Å². The highest BCUT2D eigenvalue weighted by molar-refractivity contribution is 6.17. The molecule has 2 aliphatic rings. The molecule has 0 spiro atoms. The minimum atomic E-state index is -0.751. The Kier molecular flexibility index (Phi) is 6.04. The highest BCUT2D eigenvalue weighted by atomic mass is 16.5. The highest BCUT2D eigenvalue weighted by Crippen LogP contribution is 2.31. The summed E-state index contributed by atoms with van der Waals surface area (Å²) in [6, 6.07) is 9.42. The number of aliphatic hydroxyl groups excluding tert-OH is 1. The molecule has 1 aliphatic carbocycles. The summed E-state index contributed by atoms with van der Waals surface area (Å²) in [5, 5.41) is 9.90. The van der Waals surface area contributed by atoms with Gasteiger partial charge in [0.05, 0.1) is 11.7 Å². The van der Waals surface area contributed by atoms with Gasteiger partial charge in [0, 0.05) is 12.3 Å². The summed E-state index contributed by atoms with van der Waals surface area (Å²) < 4.78 is 11.1. The van der Waals surface area contributed by atoms with E-state index in [9.17, 15) is 14.7 Å². The number of allylic oxidation sites excluding steroid dienone is 2. The van der Waals surface area contributed by atoms with Gasteiger partial charge in [-0.3, -0.25) is 4.79 Å². The molecule has 140 valence electrons. The molecule has 27 heavy (non-hydrogen) atoms. The predicted molar refractivity (Wildman–Crippen MR) is 101 cm³/mol. The quantitative estimate of drug-likeness (QED) is 0.566. The minimum absolute atomic E-state index is 0.0552. The summed E-state index contributed by atoms with van der Waals surface area (Å²) in [5.74, 6) is 0.00946. The van der Waals surface area contributed by atoms with E-state index in [1.165, 1.54) is 6.08 Å². The van der Waals surface area contributed by atoms with Crippen molar-refractivity contribution < 1.29 is 24.2 Å². The van der Waals surface area contributed by atoms with E-state index in [1.807, 2.05) is 42.5 Å². The van der Waals surface area contributed by atoms with Crippen LogP contribution in [0.1, 0.15) is 18.4 Å². The molecule has 0 amide bonds. The molecule has 0 fully saturated rings. The maximum absolute atomic E-state index is 12.3. The van der Waals surface area contributed by atoms with E-state index in [0.717, 1.165) is 5.56 Å². The molecule has 3 rings (SSSR count). The summed E-state index contributed by atoms with van der Waals surface area (Å²) in [6.45, 7) is 3.47. The third-order valence-electron chi connectivity index (χ3n) is 4.49. The maximum atomic E-state index is 12.3. The van der Waals surface area contributed by atoms with Crippen LogP contribution in [0, 0.1) is 5.92 Å². The lowest BCUT2D eigenvalue weighted by Gasteiger charge is -2.29. The molecule has 5 nitrogen and oxygen atoms in total. The number of carbonyl (C=O) groups excluding carboxylic acids is 2. The Labute approximate surface area is 158 Å². The van der Waals surface area contributed by atoms with E-state index >= 15 is 0 Å². The first-order valence-electron chi connectivity index (χ1n) is 8.91. The van der Waals surface area contributed by atoms with Crippen LogP contribution in [0.4, 0.5) is 0 Å². The van der Waals surface area contributed by atoms with Gasteiger partial charge in [0.15, 0.2) is 5.78 Å². The number of ether oxygens (including phenoxy) is 2. The van der Waals surface area contributed by atoms with Gasteiger partial charge in [-0.1, -0.05) is 49.1 Å². The zero-order chi connectivity index (χ0) is 19.2. The summed E-state index contributed by atoms with van der Waals surface area (Å²) in [5.41, 5.74) is 1.39. The van der Waals surface area contributed by atoms with Crippen molar-refractivity contribution in [2.75, 3.05) is 6.61 Å². The van der Waals surface area contributed by atoms with E-state index in [4.69, 9.17) is 9.47 Å². The van der Waals surface area contributed by atoms with Crippen molar-refractivity contribution in [1.82, 2.24) is 0 Å². The lowest BCUT2D eigenvalue weighted by atomic mass is 9.90. The molecule has 3 unspecified atom stereocenters. The molecule has 0 bridgehead atoms. The molecule has 1 aromatic rings. The molecular weight excluding hydrogens is 344 g/mol. The third-order valence-corrected chi connectivity index (χ3v) is 4.49. The Morgan fingerprint density at radius 1 is 1.30 bits per heavy atom. The maximum Gasteiger partial charge on any atom is 0.339 e. The SMILES string of the molecule is C=CC(=O)CCC(O)COC1=CC2OC(=O)C(c3ccccc3)=CC2C=C1. The molecule has 1 aromatic carbocycles. The largest absolute Gasteiger partial charge is 0.491 e. The van der Waals surface area contributed by atoms with Gasteiger partial charge in [0.2, 0.25) is 0 Å². The van der Waals surface area contributed by atoms with Crippen molar-refractivity contribution in [3.63, 3.8) is 0 Å². The lowest BCUT2D eigenvalue weighted by molar-refractivity contribution is -0.141. The molecule has 0 saturated heterocycles. The van der Waals surface area contributed by atoms with E-state index in [0.29, 0.717) is 17.8 Å². The van der Waals surface area contributed by atoms with Crippen LogP contribution in [0.25, 0.3) is 5.57 Å². The molecule has 0 radical (unpaired) electrons. The van der Waals surface area contributed by atoms with Crippen LogP contribution < -0.4 is 0 Å². The minimum Gasteiger partial charge on any atom is -0.491 e. The number of carbonyl (C=O) groups is 2. The number of esters is 1. The van der Waals surface area contributed by atoms with E-state index in [2.05, 4.69) is 6.58 Å². The normalized spacial score (nSPS) is 22.0. The Balaban J connectivity index is 1.59. The molecule has 0 saturated carbocycles. The van der Waals surface area contributed by atoms with Crippen LogP contribution in [0.15, 0.2) is 73.1 Å². The topological polar surface area (TPSA) is 72.8 Å². The molecular formula is C22H22O5. The van der Waals surface area contributed by atoms with Gasteiger partial charge in [0.25, 0.3) is 0 Å². The Morgan fingerprint density at radius 2 is 2.07 bits per heavy atom. The van der Waals surface area contributed by atoms with E-state index in [-0.39, 0.29) is 30.7 Å². The van der Waals surface area contributed by atoms with Gasteiger partial charge in [-0.15, -0.1) is 0 Å². The number of ketones is 1. The van der Waals surface area contributed by atoms with Gasteiger partial charge in [0.1, 0.15) is 18.5 Å². The van der Waals surface area contributed by atoms with Crippen LogP contribution in [-0.2, 0) is 19.1 Å². The number of benzene rings is 1. The first kappa shape index (κ1) is 18.9. The zero-order valence-electron chi connectivity index (χ0n) is 14.9. The van der Waals surface area contributed by atoms with Crippen molar-refractivity contribution in [3.8, 4) is 0 Å². The second-order valence-corrected chi connectivity index (χ2v) is 6.50. The summed E-state index contributed by atoms with van der Waals surface area (Å²) in [4.78, 5) is 23.5. The van der Waals surface area contributed by atoms with Gasteiger partial charge in [-0.2, -0.15) is 0 Å². The van der Waals surface area contributed by atoms with Crippen LogP contribution in [0.2, 0.25) is 0 Å². The number of hydrogen-bond acceptors (Lipinski definition) is 5. The predicted octanol–water partition coefficient (Wildman–Crippen LogP) is 2.98. The lowest BCUT2D eigenvalue weighted by Crippen LogP contribution is -2.30. The Bertz CT molecular complexity index is 803. The average molecular weight is 366 g/mol. The zero-order valence-corrected chi connectivity index (χ0v) is 14.9. The summed E-state index contributed by atoms with van der Waals surface area (Å²) in [7, 11) is 0. The Hall–Kier alpha value is -2.92. The summed E-state index contributed by atoms with van der Waals surface area (Å²) in [6.07, 6.45) is 7.99. The van der Waals surface area contributed by atoms with E-state index < -0.39 is 12.2 Å². The first-order valence-corrected chi connectivity index (χ1v) is 8.91. The van der Waals surface area contributed by atoms with Crippen LogP contribution in [0.3, 0.4) is 0 Å². The van der Waals surface area contributed by atoms with Crippen molar-refractivity contribution in [2.45, 2.75) is 25.0 Å². The Morgan fingerprint density at radius 3 is 2.81 bits per heavy atom. The van der Waals surface area contributed by atoms with Crippen molar-refractivity contribution in [1.29, 1.82) is 0 Å². The highest BCUT2D eigenvalue weighted by Gasteiger charge is 2.31. The number of hydrogen-bond donors (Lipinski definition) is 1. The van der Waals surface area contributed by atoms with Gasteiger partial charge in [-0.25, -0.2) is 4.79 Å². The molecule has 0 aromatic heterocycles. The third kappa shape index (κ3) is 4.83. The van der Waals surface area contributed by atoms with Gasteiger partial charge in [-0.05, 0) is 30.2 Å². The van der Waals surface area contributed by atoms with Crippen molar-refractivity contribution in [2.24, 2.45) is 5.92 Å². The van der Waals surface area contributed by atoms with Crippen LogP contribution >= 0.6 is 0 Å². The second-order valence-electron chi connectivity index (χ2n) is 6.50. The number of fused-ring (bicyclic) bond motifs is 1. The second kappa shape index (κ2) is 8.64. The monoisotopic (exact) mass is 366 g/mol. The fourth-order valence-electron chi connectivity index (χ4n) is 2.97. The molecule has 1 N–H and O–H groups in total. The molecule has 3 atom stereocenters. The van der Waals surface area contributed by atoms with Gasteiger partial charge < -0.3 is 14.6 Å². The van der Waals surface area contributed by atoms with Gasteiger partial charge >= 0.3 is 5.97 Å². The number of aliphatic hydroxyl groups is 1. The standard InChI is InChI=1S/C22H22O5/c1-2-17(23)9-10-18(24)14-26-19-11-8-16-12-20(15-6-4-3-5-7-15)22(25)27-21(16)13-19/h2-8,11-13,16,18,21,24H,1,9-10,14H2. The molecule has 1 aliphatic heterocycles. The summed E-state index contributed by atoms with van der Waals surface area (Å²) >= 11 is 0. The average Bonchev–Trinajstić information content (AvgIpc) is 2.70. The van der Waals surface area contributed by atoms with E-state index in [1.54, 1.807) is 12.2 Å². The molecule has 1 heterocycles. The molecule has 5 heteroatoms. The van der Waals surface area contributed by atoms with Crippen molar-refractivity contribution in [3.05, 3.63) is 78.6 Å². The fourth-order valence-corrected chi connectivity index (χ4v) is 2.97.